The molecule has 0 radical (unpaired) electrons. The zero-order valence-electron chi connectivity index (χ0n) is 10.5. The molecule has 0 amide bonds. The summed E-state index contributed by atoms with van der Waals surface area (Å²) >= 11 is 0. The van der Waals surface area contributed by atoms with Crippen molar-refractivity contribution in [3.63, 3.8) is 0 Å². The number of nitro benzene ring substituents is 1. The highest BCUT2D eigenvalue weighted by atomic mass is 16.6. The van der Waals surface area contributed by atoms with Crippen LogP contribution in [0.3, 0.4) is 0 Å². The standard InChI is InChI=1S/C13H15N3O3/c1-14-13-11(16(17)18)6-4-7-12(13)19-9-10-5-2-3-8-15-10/h4,6-7,10,15H,2-3,5,8-9H2. The monoisotopic (exact) mass is 261 g/mol. The Morgan fingerprint density at radius 2 is 2.37 bits per heavy atom. The van der Waals surface area contributed by atoms with Gasteiger partial charge in [-0.1, -0.05) is 12.5 Å². The fraction of sp³-hybridized carbons (Fsp3) is 0.462. The lowest BCUT2D eigenvalue weighted by molar-refractivity contribution is -0.383. The van der Waals surface area contributed by atoms with Crippen molar-refractivity contribution in [1.82, 2.24) is 5.32 Å². The second-order valence-electron chi connectivity index (χ2n) is 4.45. The number of nitrogens with zero attached hydrogens (tertiary/aromatic N) is 2. The van der Waals surface area contributed by atoms with Crippen molar-refractivity contribution < 1.29 is 9.66 Å². The average Bonchev–Trinajstić information content (AvgIpc) is 2.45. The molecule has 1 aliphatic heterocycles. The summed E-state index contributed by atoms with van der Waals surface area (Å²) in [6.07, 6.45) is 3.36. The summed E-state index contributed by atoms with van der Waals surface area (Å²) in [5.74, 6) is 0.288. The molecule has 2 rings (SSSR count). The molecule has 100 valence electrons. The fourth-order valence-corrected chi connectivity index (χ4v) is 2.14. The van der Waals surface area contributed by atoms with E-state index >= 15 is 0 Å². The van der Waals surface area contributed by atoms with Crippen molar-refractivity contribution in [2.24, 2.45) is 0 Å². The Labute approximate surface area is 111 Å². The van der Waals surface area contributed by atoms with Crippen molar-refractivity contribution in [2.45, 2.75) is 25.3 Å². The molecule has 6 nitrogen and oxygen atoms in total. The number of hydrogen-bond donors (Lipinski definition) is 1. The molecular formula is C13H15N3O3. The van der Waals surface area contributed by atoms with E-state index < -0.39 is 4.92 Å². The predicted octanol–water partition coefficient (Wildman–Crippen LogP) is 2.67. The third kappa shape index (κ3) is 3.20. The van der Waals surface area contributed by atoms with Crippen molar-refractivity contribution in [2.75, 3.05) is 13.2 Å². The summed E-state index contributed by atoms with van der Waals surface area (Å²) in [4.78, 5) is 13.5. The van der Waals surface area contributed by atoms with Gasteiger partial charge in [0.25, 0.3) is 5.69 Å². The van der Waals surface area contributed by atoms with E-state index in [-0.39, 0.29) is 23.2 Å². The molecule has 6 heteroatoms. The number of ether oxygens (including phenoxy) is 1. The molecule has 0 aromatic heterocycles. The highest BCUT2D eigenvalue weighted by molar-refractivity contribution is 5.70. The number of para-hydroxylation sites is 1. The van der Waals surface area contributed by atoms with Crippen molar-refractivity contribution in [3.05, 3.63) is 39.7 Å². The van der Waals surface area contributed by atoms with Crippen LogP contribution in [0.25, 0.3) is 4.85 Å². The van der Waals surface area contributed by atoms with Crippen LogP contribution in [0.1, 0.15) is 19.3 Å². The second kappa shape index (κ2) is 6.16. The lowest BCUT2D eigenvalue weighted by atomic mass is 10.1. The normalized spacial score (nSPS) is 18.6. The van der Waals surface area contributed by atoms with E-state index in [2.05, 4.69) is 10.2 Å². The molecule has 0 aliphatic carbocycles. The first-order valence-electron chi connectivity index (χ1n) is 6.23. The summed E-state index contributed by atoms with van der Waals surface area (Å²) in [5.41, 5.74) is -0.229. The maximum Gasteiger partial charge on any atom is 0.303 e. The Balaban J connectivity index is 2.09. The van der Waals surface area contributed by atoms with Crippen molar-refractivity contribution >= 4 is 11.4 Å². The maximum atomic E-state index is 10.8. The Hall–Kier alpha value is -2.13. The minimum absolute atomic E-state index is 0.0247. The quantitative estimate of drug-likeness (QED) is 0.514. The van der Waals surface area contributed by atoms with E-state index in [1.807, 2.05) is 0 Å². The Kier molecular flexibility index (Phi) is 4.31. The number of nitro groups is 1. The van der Waals surface area contributed by atoms with E-state index in [1.54, 1.807) is 6.07 Å². The van der Waals surface area contributed by atoms with Crippen LogP contribution < -0.4 is 10.1 Å². The van der Waals surface area contributed by atoms with Gasteiger partial charge in [0.15, 0.2) is 0 Å². The SMILES string of the molecule is [C-]#[N+]c1c(OCC2CCCCN2)cccc1[N+](=O)[O-]. The van der Waals surface area contributed by atoms with Gasteiger partial charge in [-0.3, -0.25) is 10.1 Å². The molecule has 1 aromatic rings. The zero-order valence-corrected chi connectivity index (χ0v) is 10.5. The molecule has 1 atom stereocenters. The largest absolute Gasteiger partial charge is 0.503 e. The molecule has 19 heavy (non-hydrogen) atoms. The molecule has 1 fully saturated rings. The number of nitrogens with one attached hydrogen (secondary N) is 1. The van der Waals surface area contributed by atoms with Gasteiger partial charge in [0, 0.05) is 12.1 Å². The van der Waals surface area contributed by atoms with Crippen LogP contribution in [0, 0.1) is 16.7 Å². The molecule has 0 spiro atoms. The van der Waals surface area contributed by atoms with Gasteiger partial charge in [-0.05, 0) is 25.5 Å². The van der Waals surface area contributed by atoms with Crippen LogP contribution in [-0.2, 0) is 0 Å². The molecule has 1 aliphatic rings. The summed E-state index contributed by atoms with van der Waals surface area (Å²) in [6.45, 7) is 8.47. The topological polar surface area (TPSA) is 68.8 Å². The highest BCUT2D eigenvalue weighted by Gasteiger charge is 2.20. The minimum Gasteiger partial charge on any atom is -0.503 e. The van der Waals surface area contributed by atoms with Gasteiger partial charge in [0.1, 0.15) is 12.4 Å². The predicted molar refractivity (Wildman–Crippen MR) is 70.5 cm³/mol. The third-order valence-corrected chi connectivity index (χ3v) is 3.14. The lowest BCUT2D eigenvalue weighted by Crippen LogP contribution is -2.38. The third-order valence-electron chi connectivity index (χ3n) is 3.14. The Bertz CT molecular complexity index is 504. The van der Waals surface area contributed by atoms with Gasteiger partial charge in [-0.15, -0.1) is 0 Å². The van der Waals surface area contributed by atoms with E-state index in [4.69, 9.17) is 11.3 Å². The van der Waals surface area contributed by atoms with Crippen LogP contribution in [0.15, 0.2) is 18.2 Å². The Morgan fingerprint density at radius 1 is 1.53 bits per heavy atom. The number of hydrogen-bond acceptors (Lipinski definition) is 4. The summed E-state index contributed by atoms with van der Waals surface area (Å²) < 4.78 is 5.58. The van der Waals surface area contributed by atoms with E-state index in [0.29, 0.717) is 6.61 Å². The fourth-order valence-electron chi connectivity index (χ4n) is 2.14. The van der Waals surface area contributed by atoms with Gasteiger partial charge in [-0.2, -0.15) is 0 Å². The van der Waals surface area contributed by atoms with Gasteiger partial charge < -0.3 is 10.1 Å². The van der Waals surface area contributed by atoms with Gasteiger partial charge in [-0.25, -0.2) is 4.85 Å². The molecule has 1 aromatic carbocycles. The lowest BCUT2D eigenvalue weighted by Gasteiger charge is -2.23. The minimum atomic E-state index is -0.556. The summed E-state index contributed by atoms with van der Waals surface area (Å²) in [6, 6.07) is 4.71. The first kappa shape index (κ1) is 13.3. The second-order valence-corrected chi connectivity index (χ2v) is 4.45. The molecular weight excluding hydrogens is 246 g/mol. The number of benzene rings is 1. The van der Waals surface area contributed by atoms with Crippen molar-refractivity contribution in [1.29, 1.82) is 0 Å². The smallest absolute Gasteiger partial charge is 0.303 e. The maximum absolute atomic E-state index is 10.8. The molecule has 1 saturated heterocycles. The average molecular weight is 261 g/mol. The molecule has 1 unspecified atom stereocenters. The van der Waals surface area contributed by atoms with Crippen LogP contribution >= 0.6 is 0 Å². The number of rotatable bonds is 4. The highest BCUT2D eigenvalue weighted by Crippen LogP contribution is 2.36. The van der Waals surface area contributed by atoms with Crippen LogP contribution in [0.2, 0.25) is 0 Å². The summed E-state index contributed by atoms with van der Waals surface area (Å²) in [7, 11) is 0. The first-order chi connectivity index (χ1) is 9.22. The molecule has 1 heterocycles. The molecule has 0 bridgehead atoms. The van der Waals surface area contributed by atoms with Crippen LogP contribution in [-0.4, -0.2) is 24.1 Å². The van der Waals surface area contributed by atoms with Crippen LogP contribution in [0.5, 0.6) is 5.75 Å². The summed E-state index contributed by atoms with van der Waals surface area (Å²) in [5, 5.41) is 14.2. The van der Waals surface area contributed by atoms with Gasteiger partial charge in [0.2, 0.25) is 0 Å². The van der Waals surface area contributed by atoms with E-state index in [1.165, 1.54) is 18.6 Å². The zero-order chi connectivity index (χ0) is 13.7. The van der Waals surface area contributed by atoms with Gasteiger partial charge >= 0.3 is 5.69 Å². The Morgan fingerprint density at radius 3 is 3.00 bits per heavy atom. The van der Waals surface area contributed by atoms with Crippen molar-refractivity contribution in [3.8, 4) is 5.75 Å². The molecule has 0 saturated carbocycles. The van der Waals surface area contributed by atoms with E-state index in [9.17, 15) is 10.1 Å². The first-order valence-corrected chi connectivity index (χ1v) is 6.23. The number of piperidine rings is 1. The van der Waals surface area contributed by atoms with Gasteiger partial charge in [0.05, 0.1) is 11.5 Å². The molecule has 1 N–H and O–H groups in total. The van der Waals surface area contributed by atoms with Crippen LogP contribution in [0.4, 0.5) is 11.4 Å². The van der Waals surface area contributed by atoms with E-state index in [0.717, 1.165) is 19.4 Å².